The van der Waals surface area contributed by atoms with Crippen LogP contribution in [0.4, 0.5) is 18.9 Å². The fraction of sp³-hybridized carbons (Fsp3) is 0.263. The van der Waals surface area contributed by atoms with Crippen LogP contribution in [0, 0.1) is 13.8 Å². The van der Waals surface area contributed by atoms with Crippen molar-refractivity contribution < 1.29 is 18.0 Å². The van der Waals surface area contributed by atoms with Crippen molar-refractivity contribution in [3.63, 3.8) is 0 Å². The normalized spacial score (nSPS) is 11.0. The average Bonchev–Trinajstić information content (AvgIpc) is 2.95. The topological polar surface area (TPSA) is 42.0 Å². The lowest BCUT2D eigenvalue weighted by atomic mass is 10.2. The van der Waals surface area contributed by atoms with E-state index in [1.165, 1.54) is 34.5 Å². The molecule has 0 atom stereocenters. The Labute approximate surface area is 164 Å². The van der Waals surface area contributed by atoms with Gasteiger partial charge < -0.3 is 5.32 Å². The molecule has 27 heavy (non-hydrogen) atoms. The molecule has 8 heteroatoms. The molecule has 0 saturated heterocycles. The van der Waals surface area contributed by atoms with Crippen molar-refractivity contribution in [2.45, 2.75) is 37.6 Å². The molecule has 3 nitrogen and oxygen atoms in total. The number of fused-ring (bicyclic) bond motifs is 1. The van der Waals surface area contributed by atoms with Crippen molar-refractivity contribution in [3.8, 4) is 0 Å². The summed E-state index contributed by atoms with van der Waals surface area (Å²) in [6, 6.07) is 11.9. The van der Waals surface area contributed by atoms with E-state index in [2.05, 4.69) is 35.4 Å². The van der Waals surface area contributed by atoms with Gasteiger partial charge in [0, 0.05) is 17.0 Å². The van der Waals surface area contributed by atoms with E-state index in [0.717, 1.165) is 10.5 Å². The van der Waals surface area contributed by atoms with Crippen LogP contribution in [0.2, 0.25) is 0 Å². The molecule has 0 spiro atoms. The van der Waals surface area contributed by atoms with Gasteiger partial charge in [0.15, 0.2) is 0 Å². The number of alkyl halides is 3. The smallest absolute Gasteiger partial charge is 0.326 e. The van der Waals surface area contributed by atoms with Crippen LogP contribution >= 0.6 is 23.1 Å². The van der Waals surface area contributed by atoms with Crippen molar-refractivity contribution in [1.29, 1.82) is 0 Å². The molecule has 0 fully saturated rings. The first-order valence-electron chi connectivity index (χ1n) is 8.15. The van der Waals surface area contributed by atoms with Gasteiger partial charge in [-0.3, -0.25) is 4.79 Å². The predicted molar refractivity (Wildman–Crippen MR) is 106 cm³/mol. The van der Waals surface area contributed by atoms with Crippen molar-refractivity contribution in [2.75, 3.05) is 5.32 Å². The van der Waals surface area contributed by atoms with Gasteiger partial charge in [-0.15, -0.1) is 11.3 Å². The van der Waals surface area contributed by atoms with Gasteiger partial charge in [-0.1, -0.05) is 13.0 Å². The SMILES string of the molecule is CCC(=O)Nc1ccc(SC(F)(F)F)cc1.Cc1ccc2sc(C)nc2c1. The van der Waals surface area contributed by atoms with Crippen molar-refractivity contribution in [3.05, 3.63) is 53.0 Å². The third-order valence-electron chi connectivity index (χ3n) is 3.34. The maximum atomic E-state index is 12.0. The third-order valence-corrected chi connectivity index (χ3v) is 5.03. The second kappa shape index (κ2) is 9.23. The molecule has 0 aliphatic heterocycles. The van der Waals surface area contributed by atoms with Crippen molar-refractivity contribution >= 4 is 44.9 Å². The summed E-state index contributed by atoms with van der Waals surface area (Å²) in [5.41, 5.74) is -1.37. The summed E-state index contributed by atoms with van der Waals surface area (Å²) in [7, 11) is 0. The predicted octanol–water partition coefficient (Wildman–Crippen LogP) is 6.56. The van der Waals surface area contributed by atoms with E-state index in [9.17, 15) is 18.0 Å². The van der Waals surface area contributed by atoms with E-state index in [-0.39, 0.29) is 22.6 Å². The molecule has 0 aliphatic carbocycles. The zero-order chi connectivity index (χ0) is 20.0. The van der Waals surface area contributed by atoms with Gasteiger partial charge in [0.25, 0.3) is 0 Å². The second-order valence-corrected chi connectivity index (χ2v) is 8.05. The molecule has 0 aliphatic rings. The second-order valence-electron chi connectivity index (χ2n) is 5.68. The van der Waals surface area contributed by atoms with E-state index in [1.54, 1.807) is 18.3 Å². The Morgan fingerprint density at radius 1 is 1.15 bits per heavy atom. The fourth-order valence-electron chi connectivity index (χ4n) is 2.14. The van der Waals surface area contributed by atoms with Crippen LogP contribution in [-0.4, -0.2) is 16.4 Å². The molecular formula is C19H19F3N2OS2. The molecule has 1 aromatic heterocycles. The fourth-order valence-corrected chi connectivity index (χ4v) is 3.49. The number of benzene rings is 2. The highest BCUT2D eigenvalue weighted by Crippen LogP contribution is 2.37. The largest absolute Gasteiger partial charge is 0.446 e. The molecule has 0 radical (unpaired) electrons. The maximum Gasteiger partial charge on any atom is 0.446 e. The van der Waals surface area contributed by atoms with Crippen LogP contribution in [0.15, 0.2) is 47.4 Å². The molecule has 144 valence electrons. The number of aryl methyl sites for hydroxylation is 2. The number of rotatable bonds is 3. The van der Waals surface area contributed by atoms with E-state index < -0.39 is 5.51 Å². The van der Waals surface area contributed by atoms with Gasteiger partial charge in [0.05, 0.1) is 15.2 Å². The number of thioether (sulfide) groups is 1. The molecule has 1 amide bonds. The number of amides is 1. The van der Waals surface area contributed by atoms with E-state index in [4.69, 9.17) is 0 Å². The number of carbonyl (C=O) groups is 1. The van der Waals surface area contributed by atoms with Crippen molar-refractivity contribution in [2.24, 2.45) is 0 Å². The summed E-state index contributed by atoms with van der Waals surface area (Å²) in [5, 5.41) is 3.70. The third kappa shape index (κ3) is 7.22. The Kier molecular flexibility index (Phi) is 7.26. The minimum Gasteiger partial charge on any atom is -0.326 e. The zero-order valence-electron chi connectivity index (χ0n) is 15.1. The number of nitrogens with zero attached hydrogens (tertiary/aromatic N) is 1. The molecule has 1 heterocycles. The Morgan fingerprint density at radius 3 is 2.41 bits per heavy atom. The van der Waals surface area contributed by atoms with Gasteiger partial charge in [-0.2, -0.15) is 13.2 Å². The number of nitrogens with one attached hydrogen (secondary N) is 1. The first kappa shape index (κ1) is 21.2. The Hall–Kier alpha value is -2.06. The van der Waals surface area contributed by atoms with E-state index in [1.807, 2.05) is 6.92 Å². The van der Waals surface area contributed by atoms with Crippen LogP contribution in [0.5, 0.6) is 0 Å². The number of halogens is 3. The van der Waals surface area contributed by atoms with Gasteiger partial charge in [0.2, 0.25) is 5.91 Å². The number of anilines is 1. The standard InChI is InChI=1S/C10H10F3NOS.C9H9NS/c1-2-9(15)14-7-3-5-8(6-4-7)16-10(11,12)13;1-6-3-4-9-8(5-6)10-7(2)11-9/h3-6H,2H2,1H3,(H,14,15);3-5H,1-2H3. The Morgan fingerprint density at radius 2 is 1.81 bits per heavy atom. The van der Waals surface area contributed by atoms with Gasteiger partial charge in [-0.25, -0.2) is 4.98 Å². The van der Waals surface area contributed by atoms with Crippen LogP contribution < -0.4 is 5.32 Å². The molecule has 1 N–H and O–H groups in total. The summed E-state index contributed by atoms with van der Waals surface area (Å²) < 4.78 is 37.3. The molecule has 0 bridgehead atoms. The van der Waals surface area contributed by atoms with Crippen molar-refractivity contribution in [1.82, 2.24) is 4.98 Å². The van der Waals surface area contributed by atoms with Gasteiger partial charge in [-0.05, 0) is 67.6 Å². The number of aromatic nitrogens is 1. The van der Waals surface area contributed by atoms with Crippen LogP contribution in [0.25, 0.3) is 10.2 Å². The summed E-state index contributed by atoms with van der Waals surface area (Å²) in [5.74, 6) is -0.170. The number of carbonyl (C=O) groups excluding carboxylic acids is 1. The first-order chi connectivity index (χ1) is 12.7. The highest BCUT2D eigenvalue weighted by molar-refractivity contribution is 8.00. The molecule has 0 unspecified atom stereocenters. The minimum atomic E-state index is -4.28. The first-order valence-corrected chi connectivity index (χ1v) is 9.79. The lowest BCUT2D eigenvalue weighted by molar-refractivity contribution is -0.115. The lowest BCUT2D eigenvalue weighted by Crippen LogP contribution is -2.09. The number of thiazole rings is 1. The summed E-state index contributed by atoms with van der Waals surface area (Å²) in [6.07, 6.45) is 0.332. The summed E-state index contributed by atoms with van der Waals surface area (Å²) in [4.78, 5) is 15.5. The minimum absolute atomic E-state index is 0.0991. The number of hydrogen-bond acceptors (Lipinski definition) is 4. The van der Waals surface area contributed by atoms with Crippen LogP contribution in [0.1, 0.15) is 23.9 Å². The molecule has 3 rings (SSSR count). The zero-order valence-corrected chi connectivity index (χ0v) is 16.7. The van der Waals surface area contributed by atoms with Gasteiger partial charge in [0.1, 0.15) is 0 Å². The van der Waals surface area contributed by atoms with E-state index >= 15 is 0 Å². The van der Waals surface area contributed by atoms with E-state index in [0.29, 0.717) is 12.1 Å². The average molecular weight is 413 g/mol. The Balaban J connectivity index is 0.000000206. The highest BCUT2D eigenvalue weighted by Gasteiger charge is 2.28. The molecular weight excluding hydrogens is 393 g/mol. The molecule has 2 aromatic carbocycles. The summed E-state index contributed by atoms with van der Waals surface area (Å²) in [6.45, 7) is 5.83. The monoisotopic (exact) mass is 412 g/mol. The maximum absolute atomic E-state index is 12.0. The quantitative estimate of drug-likeness (QED) is 0.495. The lowest BCUT2D eigenvalue weighted by Gasteiger charge is -2.07. The molecule has 3 aromatic rings. The highest BCUT2D eigenvalue weighted by atomic mass is 32.2. The van der Waals surface area contributed by atoms with Gasteiger partial charge >= 0.3 is 5.51 Å². The van der Waals surface area contributed by atoms with Crippen LogP contribution in [-0.2, 0) is 4.79 Å². The number of hydrogen-bond donors (Lipinski definition) is 1. The Bertz CT molecular complexity index is 905. The van der Waals surface area contributed by atoms with Crippen LogP contribution in [0.3, 0.4) is 0 Å². The summed E-state index contributed by atoms with van der Waals surface area (Å²) >= 11 is 1.57. The molecule has 0 saturated carbocycles.